The van der Waals surface area contributed by atoms with Crippen molar-refractivity contribution in [1.29, 1.82) is 0 Å². The second kappa shape index (κ2) is 9.01. The van der Waals surface area contributed by atoms with Crippen LogP contribution in [0.15, 0.2) is 12.1 Å². The summed E-state index contributed by atoms with van der Waals surface area (Å²) >= 11 is 6.07. The van der Waals surface area contributed by atoms with E-state index in [1.165, 1.54) is 14.0 Å². The molecule has 0 radical (unpaired) electrons. The van der Waals surface area contributed by atoms with Gasteiger partial charge in [-0.15, -0.1) is 0 Å². The molecule has 1 amide bonds. The number of carbonyl (C=O) groups excluding carboxylic acids is 1. The van der Waals surface area contributed by atoms with Crippen LogP contribution in [0.3, 0.4) is 0 Å². The first-order valence-electron chi connectivity index (χ1n) is 8.41. The van der Waals surface area contributed by atoms with Gasteiger partial charge in [-0.05, 0) is 31.7 Å². The van der Waals surface area contributed by atoms with E-state index in [2.05, 4.69) is 0 Å². The normalized spacial score (nSPS) is 16.5. The van der Waals surface area contributed by atoms with E-state index in [9.17, 15) is 17.6 Å². The molecule has 0 spiro atoms. The average molecular weight is 408 g/mol. The maximum atomic E-state index is 14.3. The van der Waals surface area contributed by atoms with Crippen molar-refractivity contribution < 1.29 is 27.1 Å². The number of hydrogen-bond acceptors (Lipinski definition) is 5. The molecular weight excluding hydrogens is 385 g/mol. The fourth-order valence-electron chi connectivity index (χ4n) is 2.81. The highest BCUT2D eigenvalue weighted by Gasteiger charge is 2.26. The Morgan fingerprint density at radius 1 is 1.38 bits per heavy atom. The largest absolute Gasteiger partial charge is 0.492 e. The Morgan fingerprint density at radius 3 is 2.65 bits per heavy atom. The molecule has 1 atom stereocenters. The van der Waals surface area contributed by atoms with Crippen molar-refractivity contribution in [2.45, 2.75) is 37.9 Å². The van der Waals surface area contributed by atoms with E-state index < -0.39 is 32.6 Å². The minimum atomic E-state index is -4.00. The van der Waals surface area contributed by atoms with Gasteiger partial charge in [0.05, 0.1) is 23.8 Å². The number of sulfonamides is 1. The van der Waals surface area contributed by atoms with Crippen molar-refractivity contribution in [2.24, 2.45) is 5.92 Å². The molecule has 6 nitrogen and oxygen atoms in total. The van der Waals surface area contributed by atoms with Gasteiger partial charge in [0.15, 0.2) is 0 Å². The molecule has 1 aliphatic carbocycles. The van der Waals surface area contributed by atoms with E-state index in [1.54, 1.807) is 0 Å². The Labute approximate surface area is 158 Å². The summed E-state index contributed by atoms with van der Waals surface area (Å²) in [5.41, 5.74) is -0.462. The smallest absolute Gasteiger partial charge is 0.267 e. The predicted octanol–water partition coefficient (Wildman–Crippen LogP) is 3.14. The zero-order valence-corrected chi connectivity index (χ0v) is 16.3. The van der Waals surface area contributed by atoms with Crippen LogP contribution in [0.1, 0.15) is 43.0 Å². The molecule has 0 saturated heterocycles. The molecule has 146 valence electrons. The highest BCUT2D eigenvalue weighted by atomic mass is 35.5. The highest BCUT2D eigenvalue weighted by Crippen LogP contribution is 2.30. The molecule has 2 rings (SSSR count). The van der Waals surface area contributed by atoms with Crippen molar-refractivity contribution in [2.75, 3.05) is 20.3 Å². The summed E-state index contributed by atoms with van der Waals surface area (Å²) in [5.74, 6) is -1.43. The fourth-order valence-corrected chi connectivity index (χ4v) is 3.91. The van der Waals surface area contributed by atoms with Gasteiger partial charge >= 0.3 is 0 Å². The fraction of sp³-hybridized carbons (Fsp3) is 0.588. The van der Waals surface area contributed by atoms with Gasteiger partial charge in [0.25, 0.3) is 5.91 Å². The number of hydrogen-bond donors (Lipinski definition) is 1. The maximum Gasteiger partial charge on any atom is 0.267 e. The number of methoxy groups -OCH3 is 1. The number of benzene rings is 1. The van der Waals surface area contributed by atoms with Gasteiger partial charge in [-0.1, -0.05) is 24.4 Å². The third kappa shape index (κ3) is 5.31. The second-order valence-corrected chi connectivity index (χ2v) is 8.97. The van der Waals surface area contributed by atoms with Crippen LogP contribution in [0.4, 0.5) is 4.39 Å². The SMILES string of the molecule is COC[C@H](C)S(=O)(=O)NC(=O)c1cc(Cl)c(OCC2CCCC2)cc1F. The summed E-state index contributed by atoms with van der Waals surface area (Å²) in [4.78, 5) is 12.1. The Balaban J connectivity index is 2.09. The van der Waals surface area contributed by atoms with E-state index in [0.29, 0.717) is 12.5 Å². The zero-order valence-electron chi connectivity index (χ0n) is 14.8. The van der Waals surface area contributed by atoms with Crippen LogP contribution in [0.5, 0.6) is 5.75 Å². The maximum absolute atomic E-state index is 14.3. The van der Waals surface area contributed by atoms with E-state index in [0.717, 1.165) is 37.8 Å². The van der Waals surface area contributed by atoms with Gasteiger partial charge in [-0.3, -0.25) is 4.79 Å². The molecule has 0 aromatic heterocycles. The minimum Gasteiger partial charge on any atom is -0.492 e. The monoisotopic (exact) mass is 407 g/mol. The average Bonchev–Trinajstić information content (AvgIpc) is 3.08. The van der Waals surface area contributed by atoms with Crippen LogP contribution in [0.2, 0.25) is 5.02 Å². The summed E-state index contributed by atoms with van der Waals surface area (Å²) < 4.78 is 50.5. The molecule has 1 fully saturated rings. The summed E-state index contributed by atoms with van der Waals surface area (Å²) in [6.45, 7) is 1.72. The molecule has 0 unspecified atom stereocenters. The van der Waals surface area contributed by atoms with E-state index in [4.69, 9.17) is 21.1 Å². The Morgan fingerprint density at radius 2 is 2.04 bits per heavy atom. The number of rotatable bonds is 8. The van der Waals surface area contributed by atoms with Gasteiger partial charge in [0, 0.05) is 13.2 Å². The van der Waals surface area contributed by atoms with Crippen molar-refractivity contribution in [3.05, 3.63) is 28.5 Å². The second-order valence-electron chi connectivity index (χ2n) is 6.47. The molecular formula is C17H23ClFNO5S. The molecule has 1 aromatic carbocycles. The molecule has 1 saturated carbocycles. The van der Waals surface area contributed by atoms with Gasteiger partial charge in [-0.2, -0.15) is 0 Å². The summed E-state index contributed by atoms with van der Waals surface area (Å²) in [6, 6.07) is 2.09. The lowest BCUT2D eigenvalue weighted by molar-refractivity contribution is 0.0976. The quantitative estimate of drug-likeness (QED) is 0.715. The molecule has 1 N–H and O–H groups in total. The predicted molar refractivity (Wildman–Crippen MR) is 96.6 cm³/mol. The molecule has 26 heavy (non-hydrogen) atoms. The summed E-state index contributed by atoms with van der Waals surface area (Å²) in [7, 11) is -2.65. The van der Waals surface area contributed by atoms with Gasteiger partial charge in [0.1, 0.15) is 16.8 Å². The standard InChI is InChI=1S/C17H23ClFNO5S/c1-11(9-24-2)26(22,23)20-17(21)13-7-14(18)16(8-15(13)19)25-10-12-5-3-4-6-12/h7-8,11-12H,3-6,9-10H2,1-2H3,(H,20,21)/t11-/m0/s1. The molecule has 0 heterocycles. The molecule has 0 aliphatic heterocycles. The van der Waals surface area contributed by atoms with Crippen LogP contribution in [0.25, 0.3) is 0 Å². The van der Waals surface area contributed by atoms with E-state index in [-0.39, 0.29) is 17.4 Å². The number of carbonyl (C=O) groups is 1. The third-order valence-electron chi connectivity index (χ3n) is 4.38. The van der Waals surface area contributed by atoms with Crippen LogP contribution < -0.4 is 9.46 Å². The third-order valence-corrected chi connectivity index (χ3v) is 6.34. The lowest BCUT2D eigenvalue weighted by Crippen LogP contribution is -2.39. The van der Waals surface area contributed by atoms with Crippen molar-refractivity contribution >= 4 is 27.5 Å². The lowest BCUT2D eigenvalue weighted by atomic mass is 10.1. The van der Waals surface area contributed by atoms with Crippen LogP contribution in [0, 0.1) is 11.7 Å². The highest BCUT2D eigenvalue weighted by molar-refractivity contribution is 7.90. The molecule has 0 bridgehead atoms. The number of amides is 1. The van der Waals surface area contributed by atoms with E-state index >= 15 is 0 Å². The van der Waals surface area contributed by atoms with E-state index in [1.807, 2.05) is 4.72 Å². The minimum absolute atomic E-state index is 0.0527. The first-order valence-corrected chi connectivity index (χ1v) is 10.3. The van der Waals surface area contributed by atoms with Crippen LogP contribution in [-0.2, 0) is 14.8 Å². The first-order chi connectivity index (χ1) is 12.2. The number of ether oxygens (including phenoxy) is 2. The zero-order chi connectivity index (χ0) is 19.3. The van der Waals surface area contributed by atoms with Crippen LogP contribution in [-0.4, -0.2) is 39.9 Å². The van der Waals surface area contributed by atoms with Crippen molar-refractivity contribution in [3.8, 4) is 5.75 Å². The number of halogens is 2. The van der Waals surface area contributed by atoms with Crippen molar-refractivity contribution in [1.82, 2.24) is 4.72 Å². The number of nitrogens with one attached hydrogen (secondary N) is 1. The first kappa shape index (κ1) is 20.9. The Bertz CT molecular complexity index is 750. The molecule has 9 heteroatoms. The van der Waals surface area contributed by atoms with Gasteiger partial charge in [-0.25, -0.2) is 17.5 Å². The Hall–Kier alpha value is -1.38. The summed E-state index contributed by atoms with van der Waals surface area (Å²) in [6.07, 6.45) is 4.45. The summed E-state index contributed by atoms with van der Waals surface area (Å²) in [5, 5.41) is -0.916. The van der Waals surface area contributed by atoms with Crippen molar-refractivity contribution in [3.63, 3.8) is 0 Å². The Kier molecular flexibility index (Phi) is 7.25. The molecule has 1 aromatic rings. The van der Waals surface area contributed by atoms with Crippen LogP contribution >= 0.6 is 11.6 Å². The molecule has 1 aliphatic rings. The van der Waals surface area contributed by atoms with Gasteiger partial charge < -0.3 is 9.47 Å². The lowest BCUT2D eigenvalue weighted by Gasteiger charge is -2.15. The topological polar surface area (TPSA) is 81.7 Å². The van der Waals surface area contributed by atoms with Gasteiger partial charge in [0.2, 0.25) is 10.0 Å².